The number of halogens is 1. The highest BCUT2D eigenvalue weighted by Gasteiger charge is 2.52. The molecule has 2 aromatic rings. The summed E-state index contributed by atoms with van der Waals surface area (Å²) in [5, 5.41) is 0. The molecule has 0 saturated heterocycles. The molecule has 2 aromatic carbocycles. The maximum Gasteiger partial charge on any atom is 0.261 e. The van der Waals surface area contributed by atoms with E-state index in [4.69, 9.17) is 0 Å². The summed E-state index contributed by atoms with van der Waals surface area (Å²) in [6.45, 7) is 0. The number of rotatable bonds is 6. The third kappa shape index (κ3) is 4.29. The van der Waals surface area contributed by atoms with Gasteiger partial charge in [-0.15, -0.1) is 0 Å². The molecule has 0 heterocycles. The number of hydrogen-bond acceptors (Lipinski definition) is 4. The Labute approximate surface area is 192 Å². The Hall–Kier alpha value is -1.42. The molecule has 6 rings (SSSR count). The van der Waals surface area contributed by atoms with Crippen LogP contribution in [0.2, 0.25) is 0 Å². The van der Waals surface area contributed by atoms with Gasteiger partial charge in [-0.3, -0.25) is 4.72 Å². The third-order valence-electron chi connectivity index (χ3n) is 6.93. The molecule has 0 aliphatic heterocycles. The van der Waals surface area contributed by atoms with Crippen molar-refractivity contribution in [2.75, 3.05) is 4.72 Å². The van der Waals surface area contributed by atoms with Crippen molar-refractivity contribution in [2.45, 2.75) is 53.9 Å². The summed E-state index contributed by atoms with van der Waals surface area (Å²) >= 11 is 3.28. The Bertz CT molecular complexity index is 1160. The lowest BCUT2D eigenvalue weighted by Crippen LogP contribution is -2.59. The van der Waals surface area contributed by atoms with E-state index in [2.05, 4.69) is 25.4 Å². The van der Waals surface area contributed by atoms with Crippen LogP contribution in [0.15, 0.2) is 62.8 Å². The molecule has 31 heavy (non-hydrogen) atoms. The molecule has 4 aliphatic rings. The van der Waals surface area contributed by atoms with Crippen LogP contribution in [0.1, 0.15) is 38.5 Å². The maximum atomic E-state index is 13.1. The highest BCUT2D eigenvalue weighted by molar-refractivity contribution is 9.10. The number of nitrogens with one attached hydrogen (secondary N) is 2. The van der Waals surface area contributed by atoms with Gasteiger partial charge in [0.25, 0.3) is 10.0 Å². The van der Waals surface area contributed by atoms with Crippen molar-refractivity contribution in [3.63, 3.8) is 0 Å². The second-order valence-corrected chi connectivity index (χ2v) is 13.7. The molecule has 166 valence electrons. The Balaban J connectivity index is 1.32. The van der Waals surface area contributed by atoms with Crippen molar-refractivity contribution in [3.05, 3.63) is 53.0 Å². The average molecular weight is 525 g/mol. The van der Waals surface area contributed by atoms with E-state index in [0.717, 1.165) is 23.7 Å². The maximum absolute atomic E-state index is 13.1. The summed E-state index contributed by atoms with van der Waals surface area (Å²) in [5.74, 6) is 1.93. The van der Waals surface area contributed by atoms with Crippen LogP contribution in [-0.2, 0) is 20.0 Å². The highest BCUT2D eigenvalue weighted by Crippen LogP contribution is 2.56. The largest absolute Gasteiger partial charge is 0.280 e. The topological polar surface area (TPSA) is 92.3 Å². The molecule has 0 amide bonds. The first-order valence-corrected chi connectivity index (χ1v) is 14.3. The Morgan fingerprint density at radius 2 is 1.16 bits per heavy atom. The van der Waals surface area contributed by atoms with Crippen LogP contribution in [0, 0.1) is 17.8 Å². The predicted molar refractivity (Wildman–Crippen MR) is 123 cm³/mol. The zero-order valence-corrected chi connectivity index (χ0v) is 20.1. The second-order valence-electron chi connectivity index (χ2n) is 9.39. The van der Waals surface area contributed by atoms with Gasteiger partial charge in [0.1, 0.15) is 0 Å². The third-order valence-corrected chi connectivity index (χ3v) is 10.5. The lowest BCUT2D eigenvalue weighted by atomic mass is 9.53. The first-order chi connectivity index (χ1) is 14.6. The van der Waals surface area contributed by atoms with Gasteiger partial charge in [-0.2, -0.15) is 0 Å². The molecular formula is C22H25BrN2O4S2. The monoisotopic (exact) mass is 524 g/mol. The summed E-state index contributed by atoms with van der Waals surface area (Å²) in [7, 11) is -7.42. The van der Waals surface area contributed by atoms with Gasteiger partial charge in [-0.25, -0.2) is 21.6 Å². The normalized spacial score (nSPS) is 29.8. The summed E-state index contributed by atoms with van der Waals surface area (Å²) in [6.07, 6.45) is 6.53. The van der Waals surface area contributed by atoms with E-state index in [-0.39, 0.29) is 15.3 Å². The van der Waals surface area contributed by atoms with E-state index in [1.54, 1.807) is 12.1 Å². The SMILES string of the molecule is O=S(=O)(Nc1ccc(S(=O)(=O)NC23CC4CC(CC(C4)C2)C3)cc1)c1ccc(Br)cc1. The Kier molecular flexibility index (Phi) is 5.23. The van der Waals surface area contributed by atoms with E-state index in [1.807, 2.05) is 0 Å². The number of sulfonamides is 2. The zero-order chi connectivity index (χ0) is 21.9. The summed E-state index contributed by atoms with van der Waals surface area (Å²) in [5.41, 5.74) is 0.00627. The van der Waals surface area contributed by atoms with Crippen molar-refractivity contribution < 1.29 is 16.8 Å². The van der Waals surface area contributed by atoms with Gasteiger partial charge in [-0.1, -0.05) is 15.9 Å². The van der Waals surface area contributed by atoms with Crippen LogP contribution in [0.5, 0.6) is 0 Å². The molecule has 0 unspecified atom stereocenters. The number of anilines is 1. The molecule has 6 nitrogen and oxygen atoms in total. The van der Waals surface area contributed by atoms with E-state index < -0.39 is 20.0 Å². The molecule has 4 saturated carbocycles. The van der Waals surface area contributed by atoms with Crippen LogP contribution in [-0.4, -0.2) is 22.4 Å². The van der Waals surface area contributed by atoms with Crippen LogP contribution < -0.4 is 9.44 Å². The standard InChI is InChI=1S/C22H25BrN2O4S2/c23-18-1-5-20(6-2-18)30(26,27)24-19-3-7-21(8-4-19)31(28,29)25-22-12-15-9-16(13-22)11-17(10-15)14-22/h1-8,15-17,24-25H,9-14H2. The lowest BCUT2D eigenvalue weighted by Gasteiger charge is -2.56. The van der Waals surface area contributed by atoms with E-state index in [0.29, 0.717) is 23.4 Å². The van der Waals surface area contributed by atoms with Crippen molar-refractivity contribution in [3.8, 4) is 0 Å². The van der Waals surface area contributed by atoms with Crippen LogP contribution in [0.4, 0.5) is 5.69 Å². The molecule has 4 fully saturated rings. The van der Waals surface area contributed by atoms with Gasteiger partial charge in [0.2, 0.25) is 10.0 Å². The molecule has 4 bridgehead atoms. The molecule has 9 heteroatoms. The Morgan fingerprint density at radius 1 is 0.710 bits per heavy atom. The molecule has 2 N–H and O–H groups in total. The van der Waals surface area contributed by atoms with Gasteiger partial charge in [0.15, 0.2) is 0 Å². The van der Waals surface area contributed by atoms with Gasteiger partial charge in [-0.05, 0) is 105 Å². The number of hydrogen-bond donors (Lipinski definition) is 2. The van der Waals surface area contributed by atoms with Crippen LogP contribution in [0.3, 0.4) is 0 Å². The summed E-state index contributed by atoms with van der Waals surface area (Å²) in [4.78, 5) is 0.297. The first kappa shape index (κ1) is 21.4. The second kappa shape index (κ2) is 7.57. The smallest absolute Gasteiger partial charge is 0.261 e. The number of benzene rings is 2. The molecule has 0 radical (unpaired) electrons. The first-order valence-electron chi connectivity index (χ1n) is 10.5. The van der Waals surface area contributed by atoms with Crippen LogP contribution >= 0.6 is 15.9 Å². The Morgan fingerprint density at radius 3 is 1.68 bits per heavy atom. The average Bonchev–Trinajstić information content (AvgIpc) is 2.66. The minimum Gasteiger partial charge on any atom is -0.280 e. The fourth-order valence-electron chi connectivity index (χ4n) is 6.11. The fraction of sp³-hybridized carbons (Fsp3) is 0.455. The van der Waals surface area contributed by atoms with Crippen molar-refractivity contribution in [1.29, 1.82) is 0 Å². The van der Waals surface area contributed by atoms with Gasteiger partial charge in [0, 0.05) is 15.7 Å². The van der Waals surface area contributed by atoms with E-state index in [9.17, 15) is 16.8 Å². The van der Waals surface area contributed by atoms with Crippen LogP contribution in [0.25, 0.3) is 0 Å². The quantitative estimate of drug-likeness (QED) is 0.581. The summed E-state index contributed by atoms with van der Waals surface area (Å²) < 4.78 is 57.7. The van der Waals surface area contributed by atoms with Gasteiger partial charge >= 0.3 is 0 Å². The molecule has 0 aromatic heterocycles. The van der Waals surface area contributed by atoms with E-state index in [1.165, 1.54) is 55.7 Å². The minimum atomic E-state index is -3.75. The molecule has 0 atom stereocenters. The predicted octanol–water partition coefficient (Wildman–Crippen LogP) is 4.50. The lowest BCUT2D eigenvalue weighted by molar-refractivity contribution is -0.00810. The molecule has 0 spiro atoms. The van der Waals surface area contributed by atoms with E-state index >= 15 is 0 Å². The van der Waals surface area contributed by atoms with Crippen molar-refractivity contribution >= 4 is 41.7 Å². The van der Waals surface area contributed by atoms with Crippen molar-refractivity contribution in [2.24, 2.45) is 17.8 Å². The molecule has 4 aliphatic carbocycles. The van der Waals surface area contributed by atoms with Gasteiger partial charge in [0.05, 0.1) is 9.79 Å². The minimum absolute atomic E-state index is 0.135. The zero-order valence-electron chi connectivity index (χ0n) is 16.9. The fourth-order valence-corrected chi connectivity index (χ4v) is 8.86. The molecular weight excluding hydrogens is 500 g/mol. The highest BCUT2D eigenvalue weighted by atomic mass is 79.9. The summed E-state index contributed by atoms with van der Waals surface area (Å²) in [6, 6.07) is 12.2. The van der Waals surface area contributed by atoms with Crippen molar-refractivity contribution in [1.82, 2.24) is 4.72 Å². The van der Waals surface area contributed by atoms with Gasteiger partial charge < -0.3 is 0 Å².